The van der Waals surface area contributed by atoms with Gasteiger partial charge in [0, 0.05) is 16.9 Å². The molecule has 0 aliphatic carbocycles. The first-order chi connectivity index (χ1) is 13.1. The van der Waals surface area contributed by atoms with Gasteiger partial charge in [-0.15, -0.1) is 10.2 Å². The number of anilines is 1. The van der Waals surface area contributed by atoms with Crippen molar-refractivity contribution in [2.75, 3.05) is 12.4 Å². The third-order valence-corrected chi connectivity index (χ3v) is 5.88. The number of nitrogens with one attached hydrogen (secondary N) is 1. The average Bonchev–Trinajstić information content (AvgIpc) is 3.13. The molecule has 2 aromatic carbocycles. The van der Waals surface area contributed by atoms with Crippen molar-refractivity contribution in [1.29, 1.82) is 0 Å². The van der Waals surface area contributed by atoms with E-state index in [0.717, 1.165) is 26.2 Å². The molecule has 27 heavy (non-hydrogen) atoms. The highest BCUT2D eigenvalue weighted by Gasteiger charge is 2.08. The molecule has 0 aliphatic heterocycles. The molecule has 0 atom stereocenters. The van der Waals surface area contributed by atoms with Crippen LogP contribution in [0.3, 0.4) is 0 Å². The van der Waals surface area contributed by atoms with Crippen molar-refractivity contribution in [3.63, 3.8) is 0 Å². The highest BCUT2D eigenvalue weighted by atomic mass is 35.5. The van der Waals surface area contributed by atoms with Gasteiger partial charge < -0.3 is 4.74 Å². The van der Waals surface area contributed by atoms with E-state index in [-0.39, 0.29) is 5.91 Å². The van der Waals surface area contributed by atoms with Gasteiger partial charge in [-0.1, -0.05) is 65.0 Å². The van der Waals surface area contributed by atoms with Gasteiger partial charge >= 0.3 is 0 Å². The summed E-state index contributed by atoms with van der Waals surface area (Å²) < 4.78 is 5.87. The molecule has 3 aromatic rings. The molecule has 1 aromatic heterocycles. The van der Waals surface area contributed by atoms with Crippen LogP contribution < -0.4 is 10.1 Å². The molecule has 3 rings (SSSR count). The molecular formula is C19H16ClN3O2S2. The van der Waals surface area contributed by atoms with Crippen molar-refractivity contribution in [2.45, 2.75) is 10.1 Å². The minimum absolute atomic E-state index is 0.260. The van der Waals surface area contributed by atoms with Crippen LogP contribution in [0, 0.1) is 0 Å². The Morgan fingerprint density at radius 3 is 2.74 bits per heavy atom. The molecule has 5 nitrogen and oxygen atoms in total. The van der Waals surface area contributed by atoms with E-state index in [1.807, 2.05) is 48.5 Å². The molecule has 1 heterocycles. The first-order valence-electron chi connectivity index (χ1n) is 7.97. The predicted octanol–water partition coefficient (Wildman–Crippen LogP) is 5.14. The summed E-state index contributed by atoms with van der Waals surface area (Å²) in [6, 6.07) is 15.1. The summed E-state index contributed by atoms with van der Waals surface area (Å²) in [4.78, 5) is 12.0. The van der Waals surface area contributed by atoms with Crippen LogP contribution in [0.4, 0.5) is 5.13 Å². The monoisotopic (exact) mass is 417 g/mol. The lowest BCUT2D eigenvalue weighted by Crippen LogP contribution is -2.07. The average molecular weight is 418 g/mol. The van der Waals surface area contributed by atoms with E-state index in [2.05, 4.69) is 15.5 Å². The summed E-state index contributed by atoms with van der Waals surface area (Å²) in [5.41, 5.74) is 1.94. The van der Waals surface area contributed by atoms with Crippen molar-refractivity contribution < 1.29 is 9.53 Å². The van der Waals surface area contributed by atoms with Crippen LogP contribution in [0.1, 0.15) is 11.1 Å². The lowest BCUT2D eigenvalue weighted by molar-refractivity contribution is -0.111. The number of methoxy groups -OCH3 is 1. The predicted molar refractivity (Wildman–Crippen MR) is 112 cm³/mol. The number of carbonyl (C=O) groups excluding carboxylic acids is 1. The van der Waals surface area contributed by atoms with Crippen molar-refractivity contribution >= 4 is 51.8 Å². The van der Waals surface area contributed by atoms with Gasteiger partial charge in [0.1, 0.15) is 5.75 Å². The molecule has 8 heteroatoms. The summed E-state index contributed by atoms with van der Waals surface area (Å²) in [5, 5.41) is 12.0. The lowest BCUT2D eigenvalue weighted by atomic mass is 10.2. The van der Waals surface area contributed by atoms with Gasteiger partial charge in [-0.25, -0.2) is 0 Å². The summed E-state index contributed by atoms with van der Waals surface area (Å²) in [6.07, 6.45) is 3.18. The fourth-order valence-corrected chi connectivity index (χ4v) is 4.15. The van der Waals surface area contributed by atoms with Crippen LogP contribution in [0.2, 0.25) is 5.02 Å². The maximum absolute atomic E-state index is 12.0. The Morgan fingerprint density at radius 2 is 2.00 bits per heavy atom. The number of ether oxygens (including phenoxy) is 1. The summed E-state index contributed by atoms with van der Waals surface area (Å²) in [7, 11) is 1.61. The number of rotatable bonds is 7. The van der Waals surface area contributed by atoms with E-state index >= 15 is 0 Å². The second kappa shape index (κ2) is 9.55. The number of amides is 1. The third kappa shape index (κ3) is 5.82. The Bertz CT molecular complexity index is 942. The SMILES string of the molecule is COc1ccc(/C=C/C(=O)Nc2nnc(SCc3ccccc3Cl)s2)cc1. The molecule has 0 aliphatic rings. The summed E-state index contributed by atoms with van der Waals surface area (Å²) in [5.74, 6) is 1.21. The Balaban J connectivity index is 1.52. The van der Waals surface area contributed by atoms with Crippen LogP contribution in [0.5, 0.6) is 5.75 Å². The second-order valence-electron chi connectivity index (χ2n) is 5.35. The molecule has 0 fully saturated rings. The van der Waals surface area contributed by atoms with Gasteiger partial charge in [-0.3, -0.25) is 10.1 Å². The topological polar surface area (TPSA) is 64.1 Å². The molecule has 0 saturated carbocycles. The molecule has 0 saturated heterocycles. The smallest absolute Gasteiger partial charge is 0.250 e. The highest BCUT2D eigenvalue weighted by molar-refractivity contribution is 8.00. The van der Waals surface area contributed by atoms with Crippen LogP contribution in [0.15, 0.2) is 58.9 Å². The number of carbonyl (C=O) groups is 1. The standard InChI is InChI=1S/C19H16ClN3O2S2/c1-25-15-9-6-13(7-10-15)8-11-17(24)21-18-22-23-19(27-18)26-12-14-4-2-3-5-16(14)20/h2-11H,12H2,1H3,(H,21,22,24)/b11-8+. The molecular weight excluding hydrogens is 402 g/mol. The zero-order chi connectivity index (χ0) is 19.1. The van der Waals surface area contributed by atoms with Gasteiger partial charge in [-0.05, 0) is 35.4 Å². The fourth-order valence-electron chi connectivity index (χ4n) is 2.11. The Labute approximate surface area is 170 Å². The van der Waals surface area contributed by atoms with E-state index in [4.69, 9.17) is 16.3 Å². The van der Waals surface area contributed by atoms with Crippen LogP contribution in [-0.4, -0.2) is 23.2 Å². The van der Waals surface area contributed by atoms with Crippen molar-refractivity contribution in [3.8, 4) is 5.75 Å². The number of benzene rings is 2. The molecule has 1 N–H and O–H groups in total. The van der Waals surface area contributed by atoms with E-state index < -0.39 is 0 Å². The molecule has 0 radical (unpaired) electrons. The largest absolute Gasteiger partial charge is 0.497 e. The van der Waals surface area contributed by atoms with Gasteiger partial charge in [0.2, 0.25) is 11.0 Å². The van der Waals surface area contributed by atoms with Crippen LogP contribution in [0.25, 0.3) is 6.08 Å². The Morgan fingerprint density at radius 1 is 1.22 bits per heavy atom. The first-order valence-corrected chi connectivity index (χ1v) is 10.1. The quantitative estimate of drug-likeness (QED) is 0.327. The minimum atomic E-state index is -0.260. The maximum Gasteiger partial charge on any atom is 0.250 e. The van der Waals surface area contributed by atoms with Crippen LogP contribution >= 0.6 is 34.7 Å². The molecule has 0 bridgehead atoms. The Hall–Kier alpha value is -2.35. The highest BCUT2D eigenvalue weighted by Crippen LogP contribution is 2.30. The summed E-state index contributed by atoms with van der Waals surface area (Å²) in [6.45, 7) is 0. The first kappa shape index (κ1) is 19.4. The van der Waals surface area contributed by atoms with E-state index in [0.29, 0.717) is 10.9 Å². The van der Waals surface area contributed by atoms with Crippen molar-refractivity contribution in [3.05, 3.63) is 70.8 Å². The molecule has 0 spiro atoms. The van der Waals surface area contributed by atoms with Gasteiger partial charge in [0.05, 0.1) is 7.11 Å². The molecule has 138 valence electrons. The lowest BCUT2D eigenvalue weighted by Gasteiger charge is -2.00. The number of nitrogens with zero attached hydrogens (tertiary/aromatic N) is 2. The molecule has 0 unspecified atom stereocenters. The Kier molecular flexibility index (Phi) is 6.86. The zero-order valence-corrected chi connectivity index (χ0v) is 16.8. The van der Waals surface area contributed by atoms with Gasteiger partial charge in [-0.2, -0.15) is 0 Å². The van der Waals surface area contributed by atoms with Crippen LogP contribution in [-0.2, 0) is 10.5 Å². The number of aromatic nitrogens is 2. The van der Waals surface area contributed by atoms with E-state index in [1.165, 1.54) is 29.2 Å². The van der Waals surface area contributed by atoms with Crippen molar-refractivity contribution in [1.82, 2.24) is 10.2 Å². The third-order valence-electron chi connectivity index (χ3n) is 3.49. The number of thioether (sulfide) groups is 1. The number of halogens is 1. The number of hydrogen-bond donors (Lipinski definition) is 1. The second-order valence-corrected chi connectivity index (χ2v) is 7.96. The normalized spacial score (nSPS) is 10.9. The van der Waals surface area contributed by atoms with Gasteiger partial charge in [0.15, 0.2) is 4.34 Å². The maximum atomic E-state index is 12.0. The van der Waals surface area contributed by atoms with Gasteiger partial charge in [0.25, 0.3) is 0 Å². The molecule has 1 amide bonds. The minimum Gasteiger partial charge on any atom is -0.497 e. The van der Waals surface area contributed by atoms with E-state index in [9.17, 15) is 4.79 Å². The summed E-state index contributed by atoms with van der Waals surface area (Å²) >= 11 is 9.01. The van der Waals surface area contributed by atoms with E-state index in [1.54, 1.807) is 13.2 Å². The fraction of sp³-hybridized carbons (Fsp3) is 0.105. The van der Waals surface area contributed by atoms with Crippen molar-refractivity contribution in [2.24, 2.45) is 0 Å². The zero-order valence-electron chi connectivity index (χ0n) is 14.4. The number of hydrogen-bond acceptors (Lipinski definition) is 6.